The van der Waals surface area contributed by atoms with Crippen LogP contribution in [0.15, 0.2) is 48.5 Å². The third kappa shape index (κ3) is 2.68. The Labute approximate surface area is 114 Å². The number of amides is 1. The number of hydrogen-bond acceptors (Lipinski definition) is 1. The minimum absolute atomic E-state index is 0.114. The fraction of sp³-hybridized carbons (Fsp3) is 0.235. The molecule has 0 aliphatic carbocycles. The van der Waals surface area contributed by atoms with Gasteiger partial charge in [-0.1, -0.05) is 43.3 Å². The Morgan fingerprint density at radius 1 is 0.895 bits per heavy atom. The number of para-hydroxylation sites is 2. The third-order valence-electron chi connectivity index (χ3n) is 3.26. The largest absolute Gasteiger partial charge is 0.281 e. The molecule has 0 bridgehead atoms. The van der Waals surface area contributed by atoms with Gasteiger partial charge in [-0.15, -0.1) is 0 Å². The van der Waals surface area contributed by atoms with E-state index in [0.29, 0.717) is 6.42 Å². The van der Waals surface area contributed by atoms with E-state index in [1.165, 1.54) is 0 Å². The molecule has 0 saturated heterocycles. The summed E-state index contributed by atoms with van der Waals surface area (Å²) in [5.41, 5.74) is 4.13. The fourth-order valence-corrected chi connectivity index (χ4v) is 2.19. The van der Waals surface area contributed by atoms with Crippen LogP contribution in [0.3, 0.4) is 0 Å². The van der Waals surface area contributed by atoms with E-state index in [4.69, 9.17) is 0 Å². The first-order valence-corrected chi connectivity index (χ1v) is 6.59. The molecule has 0 N–H and O–H groups in total. The average molecular weight is 253 g/mol. The second-order valence-corrected chi connectivity index (χ2v) is 4.66. The van der Waals surface area contributed by atoms with Gasteiger partial charge in [0.1, 0.15) is 0 Å². The van der Waals surface area contributed by atoms with Crippen molar-refractivity contribution in [1.29, 1.82) is 0 Å². The van der Waals surface area contributed by atoms with Crippen LogP contribution in [0, 0.1) is 13.8 Å². The fourth-order valence-electron chi connectivity index (χ4n) is 2.19. The van der Waals surface area contributed by atoms with Gasteiger partial charge in [-0.3, -0.25) is 9.69 Å². The van der Waals surface area contributed by atoms with Gasteiger partial charge in [0, 0.05) is 6.42 Å². The lowest BCUT2D eigenvalue weighted by Crippen LogP contribution is -2.26. The van der Waals surface area contributed by atoms with Gasteiger partial charge in [0.05, 0.1) is 11.4 Å². The number of rotatable bonds is 3. The Morgan fingerprint density at radius 3 is 1.68 bits per heavy atom. The lowest BCUT2D eigenvalue weighted by atomic mass is 10.1. The quantitative estimate of drug-likeness (QED) is 0.795. The molecule has 2 rings (SSSR count). The lowest BCUT2D eigenvalue weighted by Gasteiger charge is -2.25. The molecule has 2 aromatic rings. The van der Waals surface area contributed by atoms with Crippen molar-refractivity contribution in [3.05, 3.63) is 59.7 Å². The molecular weight excluding hydrogens is 234 g/mol. The highest BCUT2D eigenvalue weighted by atomic mass is 16.2. The standard InChI is InChI=1S/C17H19NO/c1-4-17(19)18(15-11-7-5-9-13(15)2)16-12-8-6-10-14(16)3/h5-12H,4H2,1-3H3. The van der Waals surface area contributed by atoms with Crippen molar-refractivity contribution in [3.63, 3.8) is 0 Å². The van der Waals surface area contributed by atoms with Crippen LogP contribution < -0.4 is 4.90 Å². The summed E-state index contributed by atoms with van der Waals surface area (Å²) in [6.45, 7) is 5.96. The molecule has 98 valence electrons. The Balaban J connectivity index is 2.58. The second-order valence-electron chi connectivity index (χ2n) is 4.66. The molecule has 0 atom stereocenters. The Bertz CT molecular complexity index is 544. The number of aryl methyl sites for hydroxylation is 2. The van der Waals surface area contributed by atoms with Crippen molar-refractivity contribution in [2.75, 3.05) is 4.90 Å². The molecule has 0 aliphatic rings. The van der Waals surface area contributed by atoms with Crippen molar-refractivity contribution < 1.29 is 4.79 Å². The molecule has 0 spiro atoms. The Kier molecular flexibility index (Phi) is 4.00. The molecule has 0 aliphatic heterocycles. The first kappa shape index (κ1) is 13.3. The first-order chi connectivity index (χ1) is 9.15. The highest BCUT2D eigenvalue weighted by Crippen LogP contribution is 2.31. The van der Waals surface area contributed by atoms with E-state index >= 15 is 0 Å². The van der Waals surface area contributed by atoms with Gasteiger partial charge in [-0.25, -0.2) is 0 Å². The zero-order chi connectivity index (χ0) is 13.8. The maximum Gasteiger partial charge on any atom is 0.231 e. The summed E-state index contributed by atoms with van der Waals surface area (Å²) in [5, 5.41) is 0. The van der Waals surface area contributed by atoms with Crippen LogP contribution in [0.1, 0.15) is 24.5 Å². The maximum absolute atomic E-state index is 12.3. The summed E-state index contributed by atoms with van der Waals surface area (Å²) in [7, 11) is 0. The number of carbonyl (C=O) groups excluding carboxylic acids is 1. The third-order valence-corrected chi connectivity index (χ3v) is 3.26. The average Bonchev–Trinajstić information content (AvgIpc) is 2.43. The zero-order valence-electron chi connectivity index (χ0n) is 11.7. The molecule has 0 fully saturated rings. The number of nitrogens with zero attached hydrogens (tertiary/aromatic N) is 1. The van der Waals surface area contributed by atoms with E-state index in [1.54, 1.807) is 0 Å². The van der Waals surface area contributed by atoms with E-state index in [2.05, 4.69) is 0 Å². The normalized spacial score (nSPS) is 10.3. The van der Waals surface area contributed by atoms with Crippen LogP contribution in [0.5, 0.6) is 0 Å². The van der Waals surface area contributed by atoms with Crippen molar-refractivity contribution in [2.45, 2.75) is 27.2 Å². The summed E-state index contributed by atoms with van der Waals surface area (Å²) in [4.78, 5) is 14.2. The molecule has 0 aromatic heterocycles. The summed E-state index contributed by atoms with van der Waals surface area (Å²) in [5.74, 6) is 0.114. The number of hydrogen-bond donors (Lipinski definition) is 0. The molecule has 0 radical (unpaired) electrons. The smallest absolute Gasteiger partial charge is 0.231 e. The predicted molar refractivity (Wildman–Crippen MR) is 79.8 cm³/mol. The SMILES string of the molecule is CCC(=O)N(c1ccccc1C)c1ccccc1C. The van der Waals surface area contributed by atoms with E-state index in [0.717, 1.165) is 22.5 Å². The summed E-state index contributed by atoms with van der Waals surface area (Å²) >= 11 is 0. The minimum atomic E-state index is 0.114. The van der Waals surface area contributed by atoms with Gasteiger partial charge >= 0.3 is 0 Å². The molecule has 2 nitrogen and oxygen atoms in total. The van der Waals surface area contributed by atoms with Crippen LogP contribution in [0.2, 0.25) is 0 Å². The van der Waals surface area contributed by atoms with E-state index < -0.39 is 0 Å². The molecule has 2 heteroatoms. The first-order valence-electron chi connectivity index (χ1n) is 6.59. The number of carbonyl (C=O) groups is 1. The zero-order valence-corrected chi connectivity index (χ0v) is 11.7. The predicted octanol–water partition coefficient (Wildman–Crippen LogP) is 4.38. The highest BCUT2D eigenvalue weighted by Gasteiger charge is 2.19. The summed E-state index contributed by atoms with van der Waals surface area (Å²) in [6, 6.07) is 16.0. The summed E-state index contributed by atoms with van der Waals surface area (Å²) in [6.07, 6.45) is 0.489. The molecule has 0 unspecified atom stereocenters. The second kappa shape index (κ2) is 5.70. The molecule has 2 aromatic carbocycles. The van der Waals surface area contributed by atoms with Gasteiger partial charge in [0.15, 0.2) is 0 Å². The molecule has 0 heterocycles. The monoisotopic (exact) mass is 253 g/mol. The van der Waals surface area contributed by atoms with Crippen molar-refractivity contribution in [3.8, 4) is 0 Å². The van der Waals surface area contributed by atoms with Gasteiger partial charge in [0.2, 0.25) is 5.91 Å². The van der Waals surface area contributed by atoms with Gasteiger partial charge in [0.25, 0.3) is 0 Å². The Hall–Kier alpha value is -2.09. The lowest BCUT2D eigenvalue weighted by molar-refractivity contribution is -0.117. The highest BCUT2D eigenvalue weighted by molar-refractivity contribution is 6.01. The molecule has 0 saturated carbocycles. The van der Waals surface area contributed by atoms with Crippen LogP contribution in [-0.4, -0.2) is 5.91 Å². The summed E-state index contributed by atoms with van der Waals surface area (Å²) < 4.78 is 0. The van der Waals surface area contributed by atoms with E-state index in [1.807, 2.05) is 74.2 Å². The van der Waals surface area contributed by atoms with E-state index in [-0.39, 0.29) is 5.91 Å². The van der Waals surface area contributed by atoms with Gasteiger partial charge < -0.3 is 0 Å². The van der Waals surface area contributed by atoms with Crippen LogP contribution in [0.25, 0.3) is 0 Å². The van der Waals surface area contributed by atoms with Crippen LogP contribution in [-0.2, 0) is 4.79 Å². The topological polar surface area (TPSA) is 20.3 Å². The van der Waals surface area contributed by atoms with Crippen LogP contribution in [0.4, 0.5) is 11.4 Å². The van der Waals surface area contributed by atoms with Crippen molar-refractivity contribution in [1.82, 2.24) is 0 Å². The molecular formula is C17H19NO. The van der Waals surface area contributed by atoms with Crippen molar-refractivity contribution >= 4 is 17.3 Å². The Morgan fingerprint density at radius 2 is 1.32 bits per heavy atom. The van der Waals surface area contributed by atoms with Crippen LogP contribution >= 0.6 is 0 Å². The van der Waals surface area contributed by atoms with Crippen molar-refractivity contribution in [2.24, 2.45) is 0 Å². The van der Waals surface area contributed by atoms with Gasteiger partial charge in [-0.2, -0.15) is 0 Å². The number of anilines is 2. The maximum atomic E-state index is 12.3. The molecule has 1 amide bonds. The minimum Gasteiger partial charge on any atom is -0.281 e. The number of benzene rings is 2. The molecule has 19 heavy (non-hydrogen) atoms. The van der Waals surface area contributed by atoms with Gasteiger partial charge in [-0.05, 0) is 37.1 Å². The van der Waals surface area contributed by atoms with E-state index in [9.17, 15) is 4.79 Å².